The van der Waals surface area contributed by atoms with Crippen LogP contribution in [0.3, 0.4) is 0 Å². The van der Waals surface area contributed by atoms with Gasteiger partial charge in [-0.3, -0.25) is 4.90 Å². The second-order valence-electron chi connectivity index (χ2n) is 6.46. The standard InChI is InChI=1S/C16H33N3/c1-4-7-15-13-19(16(5-2)10-17-15)12-14-8-9-18(6-3)11-14/h14-17H,4-13H2,1-3H3. The number of hydrogen-bond donors (Lipinski definition) is 1. The Bertz CT molecular complexity index is 256. The minimum absolute atomic E-state index is 0.733. The average Bonchev–Trinajstić information content (AvgIpc) is 2.87. The van der Waals surface area contributed by atoms with Crippen LogP contribution in [0.25, 0.3) is 0 Å². The predicted molar refractivity (Wildman–Crippen MR) is 82.6 cm³/mol. The van der Waals surface area contributed by atoms with E-state index in [-0.39, 0.29) is 0 Å². The number of likely N-dealkylation sites (tertiary alicyclic amines) is 1. The van der Waals surface area contributed by atoms with E-state index in [9.17, 15) is 0 Å². The molecular formula is C16H33N3. The first kappa shape index (κ1) is 15.3. The van der Waals surface area contributed by atoms with Gasteiger partial charge in [-0.2, -0.15) is 0 Å². The van der Waals surface area contributed by atoms with Gasteiger partial charge in [-0.25, -0.2) is 0 Å². The van der Waals surface area contributed by atoms with Crippen LogP contribution in [-0.4, -0.2) is 61.2 Å². The summed E-state index contributed by atoms with van der Waals surface area (Å²) in [6.07, 6.45) is 5.33. The van der Waals surface area contributed by atoms with Crippen molar-refractivity contribution in [3.63, 3.8) is 0 Å². The Morgan fingerprint density at radius 3 is 2.63 bits per heavy atom. The van der Waals surface area contributed by atoms with Crippen LogP contribution in [-0.2, 0) is 0 Å². The smallest absolute Gasteiger partial charge is 0.0218 e. The summed E-state index contributed by atoms with van der Waals surface area (Å²) >= 11 is 0. The summed E-state index contributed by atoms with van der Waals surface area (Å²) in [5.74, 6) is 0.911. The third-order valence-corrected chi connectivity index (χ3v) is 5.03. The van der Waals surface area contributed by atoms with Gasteiger partial charge in [0.05, 0.1) is 0 Å². The SMILES string of the molecule is CCCC1CN(CC2CCN(CC)C2)C(CC)CN1. The fraction of sp³-hybridized carbons (Fsp3) is 1.00. The molecule has 2 aliphatic rings. The lowest BCUT2D eigenvalue weighted by Crippen LogP contribution is -2.57. The highest BCUT2D eigenvalue weighted by Crippen LogP contribution is 2.21. The van der Waals surface area contributed by atoms with Crippen LogP contribution in [0.4, 0.5) is 0 Å². The molecule has 112 valence electrons. The van der Waals surface area contributed by atoms with Crippen molar-refractivity contribution in [2.75, 3.05) is 39.3 Å². The lowest BCUT2D eigenvalue weighted by atomic mass is 10.0. The molecular weight excluding hydrogens is 234 g/mol. The van der Waals surface area contributed by atoms with Crippen molar-refractivity contribution in [3.8, 4) is 0 Å². The molecule has 2 heterocycles. The molecule has 3 heteroatoms. The molecule has 0 saturated carbocycles. The van der Waals surface area contributed by atoms with Gasteiger partial charge in [0.25, 0.3) is 0 Å². The molecule has 2 aliphatic heterocycles. The molecule has 2 rings (SSSR count). The zero-order valence-electron chi connectivity index (χ0n) is 13.2. The summed E-state index contributed by atoms with van der Waals surface area (Å²) in [6, 6.07) is 1.50. The number of hydrogen-bond acceptors (Lipinski definition) is 3. The highest BCUT2D eigenvalue weighted by Gasteiger charge is 2.30. The molecule has 1 N–H and O–H groups in total. The highest BCUT2D eigenvalue weighted by atomic mass is 15.2. The molecule has 0 bridgehead atoms. The maximum atomic E-state index is 3.74. The van der Waals surface area contributed by atoms with Crippen LogP contribution in [0.5, 0.6) is 0 Å². The summed E-state index contributed by atoms with van der Waals surface area (Å²) in [4.78, 5) is 5.40. The van der Waals surface area contributed by atoms with E-state index >= 15 is 0 Å². The lowest BCUT2D eigenvalue weighted by molar-refractivity contribution is 0.104. The predicted octanol–water partition coefficient (Wildman–Crippen LogP) is 2.18. The molecule has 0 aromatic carbocycles. The molecule has 3 unspecified atom stereocenters. The minimum Gasteiger partial charge on any atom is -0.311 e. The summed E-state index contributed by atoms with van der Waals surface area (Å²) < 4.78 is 0. The van der Waals surface area contributed by atoms with E-state index in [4.69, 9.17) is 0 Å². The monoisotopic (exact) mass is 267 g/mol. The molecule has 0 aromatic rings. The van der Waals surface area contributed by atoms with E-state index in [2.05, 4.69) is 35.9 Å². The summed E-state index contributed by atoms with van der Waals surface area (Å²) in [5, 5.41) is 3.74. The fourth-order valence-corrected chi connectivity index (χ4v) is 3.78. The summed E-state index contributed by atoms with van der Waals surface area (Å²) in [6.45, 7) is 14.6. The fourth-order valence-electron chi connectivity index (χ4n) is 3.78. The van der Waals surface area contributed by atoms with Gasteiger partial charge in [0.1, 0.15) is 0 Å². The van der Waals surface area contributed by atoms with Crippen molar-refractivity contribution in [1.82, 2.24) is 15.1 Å². The molecule has 2 saturated heterocycles. The van der Waals surface area contributed by atoms with Crippen LogP contribution in [0.15, 0.2) is 0 Å². The van der Waals surface area contributed by atoms with E-state index in [0.717, 1.165) is 18.0 Å². The molecule has 19 heavy (non-hydrogen) atoms. The average molecular weight is 267 g/mol. The first-order chi connectivity index (χ1) is 9.26. The molecule has 0 spiro atoms. The van der Waals surface area contributed by atoms with E-state index in [1.807, 2.05) is 0 Å². The van der Waals surface area contributed by atoms with Gasteiger partial charge in [0.15, 0.2) is 0 Å². The Balaban J connectivity index is 1.84. The molecule has 3 nitrogen and oxygen atoms in total. The second kappa shape index (κ2) is 7.61. The number of rotatable bonds is 6. The maximum absolute atomic E-state index is 3.74. The quantitative estimate of drug-likeness (QED) is 0.796. The van der Waals surface area contributed by atoms with E-state index in [0.29, 0.717) is 0 Å². The minimum atomic E-state index is 0.733. The zero-order chi connectivity index (χ0) is 13.7. The number of nitrogens with zero attached hydrogens (tertiary/aromatic N) is 2. The third-order valence-electron chi connectivity index (χ3n) is 5.03. The Labute approximate surface area is 119 Å². The van der Waals surface area contributed by atoms with Crippen molar-refractivity contribution < 1.29 is 0 Å². The molecule has 2 fully saturated rings. The van der Waals surface area contributed by atoms with Crippen molar-refractivity contribution in [2.24, 2.45) is 5.92 Å². The third kappa shape index (κ3) is 4.17. The molecule has 0 aliphatic carbocycles. The maximum Gasteiger partial charge on any atom is 0.0218 e. The van der Waals surface area contributed by atoms with Gasteiger partial charge in [-0.1, -0.05) is 27.2 Å². The molecule has 0 radical (unpaired) electrons. The zero-order valence-corrected chi connectivity index (χ0v) is 13.2. The molecule has 0 amide bonds. The normalized spacial score (nSPS) is 33.9. The van der Waals surface area contributed by atoms with Crippen LogP contribution in [0.1, 0.15) is 46.5 Å². The summed E-state index contributed by atoms with van der Waals surface area (Å²) in [5.41, 5.74) is 0. The first-order valence-electron chi connectivity index (χ1n) is 8.46. The van der Waals surface area contributed by atoms with Gasteiger partial charge in [-0.15, -0.1) is 0 Å². The van der Waals surface area contributed by atoms with Crippen LogP contribution >= 0.6 is 0 Å². The van der Waals surface area contributed by atoms with E-state index in [1.54, 1.807) is 0 Å². The van der Waals surface area contributed by atoms with Crippen molar-refractivity contribution >= 4 is 0 Å². The van der Waals surface area contributed by atoms with Gasteiger partial charge >= 0.3 is 0 Å². The molecule has 0 aromatic heterocycles. The second-order valence-corrected chi connectivity index (χ2v) is 6.46. The first-order valence-corrected chi connectivity index (χ1v) is 8.46. The Kier molecular flexibility index (Phi) is 6.11. The highest BCUT2D eigenvalue weighted by molar-refractivity contribution is 4.88. The number of nitrogens with one attached hydrogen (secondary N) is 1. The lowest BCUT2D eigenvalue weighted by Gasteiger charge is -2.41. The Morgan fingerprint density at radius 2 is 2.00 bits per heavy atom. The van der Waals surface area contributed by atoms with Crippen molar-refractivity contribution in [2.45, 2.75) is 58.5 Å². The van der Waals surface area contributed by atoms with Crippen LogP contribution in [0.2, 0.25) is 0 Å². The van der Waals surface area contributed by atoms with Gasteiger partial charge in [-0.05, 0) is 38.3 Å². The van der Waals surface area contributed by atoms with Crippen LogP contribution in [0, 0.1) is 5.92 Å². The summed E-state index contributed by atoms with van der Waals surface area (Å²) in [7, 11) is 0. The Hall–Kier alpha value is -0.120. The van der Waals surface area contributed by atoms with Gasteiger partial charge < -0.3 is 10.2 Å². The van der Waals surface area contributed by atoms with Crippen molar-refractivity contribution in [1.29, 1.82) is 0 Å². The van der Waals surface area contributed by atoms with Crippen molar-refractivity contribution in [3.05, 3.63) is 0 Å². The topological polar surface area (TPSA) is 18.5 Å². The number of piperazine rings is 1. The van der Waals surface area contributed by atoms with Crippen LogP contribution < -0.4 is 5.32 Å². The molecule has 3 atom stereocenters. The van der Waals surface area contributed by atoms with E-state index < -0.39 is 0 Å². The largest absolute Gasteiger partial charge is 0.311 e. The van der Waals surface area contributed by atoms with Gasteiger partial charge in [0, 0.05) is 38.3 Å². The Morgan fingerprint density at radius 1 is 1.16 bits per heavy atom. The van der Waals surface area contributed by atoms with E-state index in [1.165, 1.54) is 65.0 Å². The van der Waals surface area contributed by atoms with Gasteiger partial charge in [0.2, 0.25) is 0 Å².